The quantitative estimate of drug-likeness (QED) is 0.814. The van der Waals surface area contributed by atoms with Gasteiger partial charge in [-0.1, -0.05) is 23.7 Å². The highest BCUT2D eigenvalue weighted by Gasteiger charge is 2.09. The zero-order chi connectivity index (χ0) is 12.4. The third-order valence-corrected chi connectivity index (χ3v) is 2.58. The molecule has 0 saturated heterocycles. The van der Waals surface area contributed by atoms with E-state index in [4.69, 9.17) is 22.1 Å². The average molecular weight is 252 g/mol. The molecule has 2 N–H and O–H groups in total. The molecule has 4 heteroatoms. The molecule has 2 aromatic rings. The van der Waals surface area contributed by atoms with Crippen LogP contribution in [0.1, 0.15) is 5.56 Å². The highest BCUT2D eigenvalue weighted by Crippen LogP contribution is 2.31. The van der Waals surface area contributed by atoms with Gasteiger partial charge < -0.3 is 10.5 Å². The van der Waals surface area contributed by atoms with Crippen LogP contribution in [0.4, 0.5) is 10.1 Å². The van der Waals surface area contributed by atoms with Crippen LogP contribution >= 0.6 is 11.6 Å². The smallest absolute Gasteiger partial charge is 0.168 e. The van der Waals surface area contributed by atoms with Crippen molar-refractivity contribution in [1.29, 1.82) is 0 Å². The van der Waals surface area contributed by atoms with Crippen LogP contribution in [0.5, 0.6) is 11.5 Å². The van der Waals surface area contributed by atoms with Gasteiger partial charge in [-0.3, -0.25) is 0 Å². The lowest BCUT2D eigenvalue weighted by atomic mass is 10.2. The van der Waals surface area contributed by atoms with E-state index < -0.39 is 0 Å². The van der Waals surface area contributed by atoms with E-state index in [1.165, 1.54) is 0 Å². The molecular formula is C13H11ClFNO. The third kappa shape index (κ3) is 2.50. The van der Waals surface area contributed by atoms with Gasteiger partial charge >= 0.3 is 0 Å². The van der Waals surface area contributed by atoms with Crippen LogP contribution in [-0.2, 0) is 0 Å². The molecule has 0 aromatic heterocycles. The van der Waals surface area contributed by atoms with Gasteiger partial charge in [-0.15, -0.1) is 0 Å². The fourth-order valence-electron chi connectivity index (χ4n) is 1.43. The average Bonchev–Trinajstić information content (AvgIpc) is 2.28. The molecule has 0 atom stereocenters. The highest BCUT2D eigenvalue weighted by atomic mass is 35.5. The predicted octanol–water partition coefficient (Wildman–Crippen LogP) is 4.16. The predicted molar refractivity (Wildman–Crippen MR) is 67.1 cm³/mol. The summed E-state index contributed by atoms with van der Waals surface area (Å²) in [5.74, 6) is 0.153. The standard InChI is InChI=1S/C13H11ClFNO/c1-8-3-2-4-12(13(8)15)17-11-6-5-9(14)7-10(11)16/h2-7H,16H2,1H3. The Morgan fingerprint density at radius 1 is 1.18 bits per heavy atom. The minimum atomic E-state index is -0.387. The second-order valence-electron chi connectivity index (χ2n) is 3.67. The molecule has 0 spiro atoms. The largest absolute Gasteiger partial charge is 0.452 e. The molecule has 88 valence electrons. The number of nitrogens with two attached hydrogens (primary N) is 1. The van der Waals surface area contributed by atoms with Gasteiger partial charge in [-0.05, 0) is 36.8 Å². The maximum atomic E-state index is 13.7. The number of nitrogen functional groups attached to an aromatic ring is 1. The van der Waals surface area contributed by atoms with E-state index >= 15 is 0 Å². The van der Waals surface area contributed by atoms with Gasteiger partial charge in [0.25, 0.3) is 0 Å². The monoisotopic (exact) mass is 251 g/mol. The number of ether oxygens (including phenoxy) is 1. The van der Waals surface area contributed by atoms with E-state index in [1.807, 2.05) is 0 Å². The van der Waals surface area contributed by atoms with Crippen LogP contribution in [0.2, 0.25) is 5.02 Å². The van der Waals surface area contributed by atoms with E-state index in [1.54, 1.807) is 43.3 Å². The Balaban J connectivity index is 2.35. The number of hydrogen-bond acceptors (Lipinski definition) is 2. The van der Waals surface area contributed by atoms with Crippen molar-refractivity contribution in [3.8, 4) is 11.5 Å². The van der Waals surface area contributed by atoms with Gasteiger partial charge in [0, 0.05) is 5.02 Å². The first-order chi connectivity index (χ1) is 8.08. The number of aryl methyl sites for hydroxylation is 1. The maximum Gasteiger partial charge on any atom is 0.168 e. The number of rotatable bonds is 2. The molecule has 2 aromatic carbocycles. The number of hydrogen-bond donors (Lipinski definition) is 1. The number of anilines is 1. The molecule has 0 aliphatic rings. The molecule has 0 aliphatic carbocycles. The topological polar surface area (TPSA) is 35.2 Å². The van der Waals surface area contributed by atoms with Gasteiger partial charge in [0.2, 0.25) is 0 Å². The summed E-state index contributed by atoms with van der Waals surface area (Å²) >= 11 is 5.77. The first-order valence-electron chi connectivity index (χ1n) is 5.06. The van der Waals surface area contributed by atoms with Crippen LogP contribution in [0.3, 0.4) is 0 Å². The van der Waals surface area contributed by atoms with Gasteiger partial charge in [-0.25, -0.2) is 4.39 Å². The normalized spacial score (nSPS) is 10.3. The van der Waals surface area contributed by atoms with Crippen molar-refractivity contribution in [2.45, 2.75) is 6.92 Å². The second-order valence-corrected chi connectivity index (χ2v) is 4.11. The molecule has 0 fully saturated rings. The van der Waals surface area contributed by atoms with Crippen molar-refractivity contribution in [2.75, 3.05) is 5.73 Å². The SMILES string of the molecule is Cc1cccc(Oc2ccc(Cl)cc2N)c1F. The summed E-state index contributed by atoms with van der Waals surface area (Å²) in [6, 6.07) is 9.76. The van der Waals surface area contributed by atoms with Crippen LogP contribution in [-0.4, -0.2) is 0 Å². The minimum absolute atomic E-state index is 0.152. The summed E-state index contributed by atoms with van der Waals surface area (Å²) in [6.07, 6.45) is 0. The molecule has 2 rings (SSSR count). The van der Waals surface area contributed by atoms with Crippen molar-refractivity contribution >= 4 is 17.3 Å². The molecule has 2 nitrogen and oxygen atoms in total. The van der Waals surface area contributed by atoms with Crippen molar-refractivity contribution in [1.82, 2.24) is 0 Å². The molecule has 17 heavy (non-hydrogen) atoms. The summed E-state index contributed by atoms with van der Waals surface area (Å²) in [6.45, 7) is 1.67. The number of halogens is 2. The Hall–Kier alpha value is -1.74. The van der Waals surface area contributed by atoms with E-state index in [2.05, 4.69) is 0 Å². The lowest BCUT2D eigenvalue weighted by Gasteiger charge is -2.10. The van der Waals surface area contributed by atoms with E-state index in [9.17, 15) is 4.39 Å². The van der Waals surface area contributed by atoms with Crippen molar-refractivity contribution in [3.63, 3.8) is 0 Å². The first kappa shape index (κ1) is 11.7. The van der Waals surface area contributed by atoms with Crippen molar-refractivity contribution < 1.29 is 9.13 Å². The minimum Gasteiger partial charge on any atom is -0.452 e. The third-order valence-electron chi connectivity index (χ3n) is 2.35. The highest BCUT2D eigenvalue weighted by molar-refractivity contribution is 6.30. The molecule has 0 radical (unpaired) electrons. The molecule has 0 heterocycles. The molecule has 0 bridgehead atoms. The zero-order valence-corrected chi connectivity index (χ0v) is 9.96. The van der Waals surface area contributed by atoms with Gasteiger partial charge in [-0.2, -0.15) is 0 Å². The Morgan fingerprint density at radius 2 is 1.94 bits per heavy atom. The van der Waals surface area contributed by atoms with Crippen LogP contribution < -0.4 is 10.5 Å². The van der Waals surface area contributed by atoms with Crippen LogP contribution in [0, 0.1) is 12.7 Å². The Kier molecular flexibility index (Phi) is 3.20. The first-order valence-corrected chi connectivity index (χ1v) is 5.43. The lowest BCUT2D eigenvalue weighted by Crippen LogP contribution is -1.94. The molecular weight excluding hydrogens is 241 g/mol. The van der Waals surface area contributed by atoms with E-state index in [-0.39, 0.29) is 11.6 Å². The summed E-state index contributed by atoms with van der Waals surface area (Å²) in [4.78, 5) is 0. The summed E-state index contributed by atoms with van der Waals surface area (Å²) in [7, 11) is 0. The van der Waals surface area contributed by atoms with E-state index in [0.29, 0.717) is 22.0 Å². The fourth-order valence-corrected chi connectivity index (χ4v) is 1.61. The molecule has 0 unspecified atom stereocenters. The van der Waals surface area contributed by atoms with Gasteiger partial charge in [0.15, 0.2) is 17.3 Å². The number of benzene rings is 2. The lowest BCUT2D eigenvalue weighted by molar-refractivity contribution is 0.442. The fraction of sp³-hybridized carbons (Fsp3) is 0.0769. The molecule has 0 saturated carbocycles. The Labute approximate surface area is 104 Å². The maximum absolute atomic E-state index is 13.7. The second kappa shape index (κ2) is 4.63. The van der Waals surface area contributed by atoms with Crippen molar-refractivity contribution in [3.05, 3.63) is 52.8 Å². The van der Waals surface area contributed by atoms with Crippen LogP contribution in [0.15, 0.2) is 36.4 Å². The van der Waals surface area contributed by atoms with Crippen LogP contribution in [0.25, 0.3) is 0 Å². The Morgan fingerprint density at radius 3 is 2.65 bits per heavy atom. The Bertz CT molecular complexity index is 557. The summed E-state index contributed by atoms with van der Waals surface area (Å²) < 4.78 is 19.1. The van der Waals surface area contributed by atoms with Crippen molar-refractivity contribution in [2.24, 2.45) is 0 Å². The summed E-state index contributed by atoms with van der Waals surface area (Å²) in [5, 5.41) is 0.513. The van der Waals surface area contributed by atoms with Gasteiger partial charge in [0.1, 0.15) is 0 Å². The van der Waals surface area contributed by atoms with Gasteiger partial charge in [0.05, 0.1) is 5.69 Å². The summed E-state index contributed by atoms with van der Waals surface area (Å²) in [5.41, 5.74) is 6.62. The zero-order valence-electron chi connectivity index (χ0n) is 9.21. The molecule has 0 amide bonds. The molecule has 0 aliphatic heterocycles. The van der Waals surface area contributed by atoms with E-state index in [0.717, 1.165) is 0 Å².